The number of aromatic nitrogens is 2. The summed E-state index contributed by atoms with van der Waals surface area (Å²) in [7, 11) is 0. The van der Waals surface area contributed by atoms with Crippen LogP contribution in [0.5, 0.6) is 0 Å². The molecule has 2 N–H and O–H groups in total. The number of benzene rings is 1. The Balaban J connectivity index is 2.35. The number of halogens is 2. The van der Waals surface area contributed by atoms with Gasteiger partial charge in [0.2, 0.25) is 0 Å². The second-order valence-corrected chi connectivity index (χ2v) is 5.37. The average molecular weight is 362 g/mol. The summed E-state index contributed by atoms with van der Waals surface area (Å²) >= 11 is 8.27. The first-order valence-corrected chi connectivity index (χ1v) is 6.80. The summed E-state index contributed by atoms with van der Waals surface area (Å²) in [6, 6.07) is 5.58. The van der Waals surface area contributed by atoms with Gasteiger partial charge in [0.1, 0.15) is 0 Å². The predicted octanol–water partition coefficient (Wildman–Crippen LogP) is 3.21. The number of aryl methyl sites for hydroxylation is 1. The molecular weight excluding hydrogens is 349 g/mol. The smallest absolute Gasteiger partial charge is 0.0593 e. The minimum atomic E-state index is -0.180. The molecule has 0 aliphatic rings. The minimum absolute atomic E-state index is 0.180. The highest BCUT2D eigenvalue weighted by Gasteiger charge is 2.14. The second kappa shape index (κ2) is 5.37. The molecule has 0 fully saturated rings. The first kappa shape index (κ1) is 12.9. The minimum Gasteiger partial charge on any atom is -0.320 e. The molecule has 2 rings (SSSR count). The molecule has 1 heterocycles. The van der Waals surface area contributed by atoms with Crippen LogP contribution in [0.15, 0.2) is 30.6 Å². The Morgan fingerprint density at radius 1 is 1.53 bits per heavy atom. The fourth-order valence-corrected chi connectivity index (χ4v) is 2.50. The Morgan fingerprint density at radius 2 is 2.29 bits per heavy atom. The van der Waals surface area contributed by atoms with E-state index in [-0.39, 0.29) is 6.04 Å². The van der Waals surface area contributed by atoms with Gasteiger partial charge in [-0.2, -0.15) is 5.10 Å². The van der Waals surface area contributed by atoms with Crippen LogP contribution in [0.2, 0.25) is 5.02 Å². The molecule has 1 aromatic heterocycles. The molecule has 1 unspecified atom stereocenters. The lowest BCUT2D eigenvalue weighted by molar-refractivity contribution is 0.658. The van der Waals surface area contributed by atoms with Gasteiger partial charge in [0.05, 0.1) is 12.2 Å². The Hall–Kier alpha value is -0.590. The van der Waals surface area contributed by atoms with Crippen molar-refractivity contribution in [3.8, 4) is 0 Å². The zero-order chi connectivity index (χ0) is 12.4. The molecule has 0 bridgehead atoms. The maximum atomic E-state index is 6.24. The highest BCUT2D eigenvalue weighted by atomic mass is 127. The molecule has 1 aromatic carbocycles. The van der Waals surface area contributed by atoms with Gasteiger partial charge in [-0.3, -0.25) is 4.68 Å². The van der Waals surface area contributed by atoms with Gasteiger partial charge in [-0.15, -0.1) is 0 Å². The Bertz CT molecular complexity index is 524. The summed E-state index contributed by atoms with van der Waals surface area (Å²) in [6.07, 6.45) is 3.78. The van der Waals surface area contributed by atoms with Crippen LogP contribution in [0.3, 0.4) is 0 Å². The molecule has 3 nitrogen and oxygen atoms in total. The molecule has 0 saturated heterocycles. The maximum Gasteiger partial charge on any atom is 0.0593 e. The quantitative estimate of drug-likeness (QED) is 0.853. The van der Waals surface area contributed by atoms with Gasteiger partial charge in [-0.05, 0) is 53.3 Å². The van der Waals surface area contributed by atoms with Crippen LogP contribution in [-0.2, 0) is 6.54 Å². The average Bonchev–Trinajstić information content (AvgIpc) is 2.80. The number of hydrogen-bond donors (Lipinski definition) is 1. The van der Waals surface area contributed by atoms with Crippen molar-refractivity contribution in [1.29, 1.82) is 0 Å². The SMILES string of the molecule is CCn1cc(C(N)c2cc(Cl)ccc2I)cn1. The highest BCUT2D eigenvalue weighted by Crippen LogP contribution is 2.26. The Morgan fingerprint density at radius 3 is 2.94 bits per heavy atom. The fourth-order valence-electron chi connectivity index (χ4n) is 1.65. The second-order valence-electron chi connectivity index (χ2n) is 3.77. The van der Waals surface area contributed by atoms with Crippen molar-refractivity contribution >= 4 is 34.2 Å². The van der Waals surface area contributed by atoms with Crippen molar-refractivity contribution in [1.82, 2.24) is 9.78 Å². The van der Waals surface area contributed by atoms with Crippen LogP contribution in [0.4, 0.5) is 0 Å². The van der Waals surface area contributed by atoms with Crippen molar-refractivity contribution in [2.45, 2.75) is 19.5 Å². The third-order valence-corrected chi connectivity index (χ3v) is 3.85. The van der Waals surface area contributed by atoms with E-state index in [0.717, 1.165) is 21.2 Å². The van der Waals surface area contributed by atoms with Gasteiger partial charge in [0.15, 0.2) is 0 Å². The van der Waals surface area contributed by atoms with Gasteiger partial charge in [-0.1, -0.05) is 11.6 Å². The lowest BCUT2D eigenvalue weighted by Gasteiger charge is -2.12. The molecule has 1 atom stereocenters. The van der Waals surface area contributed by atoms with Crippen molar-refractivity contribution in [3.05, 3.63) is 50.3 Å². The standard InChI is InChI=1S/C12H13ClIN3/c1-2-17-7-8(6-16-17)12(15)10-5-9(13)3-4-11(10)14/h3-7,12H,2,15H2,1H3. The van der Waals surface area contributed by atoms with Crippen LogP contribution in [0.25, 0.3) is 0 Å². The molecule has 0 spiro atoms. The molecule has 5 heteroatoms. The summed E-state index contributed by atoms with van der Waals surface area (Å²) in [6.45, 7) is 2.89. The zero-order valence-corrected chi connectivity index (χ0v) is 12.3. The van der Waals surface area contributed by atoms with Crippen molar-refractivity contribution in [2.24, 2.45) is 5.73 Å². The summed E-state index contributed by atoms with van der Waals surface area (Å²) in [5, 5.41) is 4.94. The van der Waals surface area contributed by atoms with Gasteiger partial charge in [0.25, 0.3) is 0 Å². The van der Waals surface area contributed by atoms with Crippen molar-refractivity contribution < 1.29 is 0 Å². The van der Waals surface area contributed by atoms with Gasteiger partial charge in [0, 0.05) is 26.9 Å². The summed E-state index contributed by atoms with van der Waals surface area (Å²) in [5.74, 6) is 0. The normalized spacial score (nSPS) is 12.7. The lowest BCUT2D eigenvalue weighted by Crippen LogP contribution is -2.12. The monoisotopic (exact) mass is 361 g/mol. The maximum absolute atomic E-state index is 6.24. The van der Waals surface area contributed by atoms with Gasteiger partial charge in [-0.25, -0.2) is 0 Å². The summed E-state index contributed by atoms with van der Waals surface area (Å²) in [5.41, 5.74) is 8.28. The van der Waals surface area contributed by atoms with E-state index in [2.05, 4.69) is 27.7 Å². The van der Waals surface area contributed by atoms with Crippen LogP contribution in [0, 0.1) is 3.57 Å². The van der Waals surface area contributed by atoms with E-state index in [9.17, 15) is 0 Å². The molecule has 2 aromatic rings. The molecule has 90 valence electrons. The fraction of sp³-hybridized carbons (Fsp3) is 0.250. The largest absolute Gasteiger partial charge is 0.320 e. The first-order valence-electron chi connectivity index (χ1n) is 5.34. The van der Waals surface area contributed by atoms with E-state index >= 15 is 0 Å². The van der Waals surface area contributed by atoms with E-state index in [1.54, 1.807) is 0 Å². The van der Waals surface area contributed by atoms with Crippen LogP contribution < -0.4 is 5.73 Å². The topological polar surface area (TPSA) is 43.8 Å². The Labute approximate surface area is 119 Å². The van der Waals surface area contributed by atoms with Crippen molar-refractivity contribution in [3.63, 3.8) is 0 Å². The van der Waals surface area contributed by atoms with Gasteiger partial charge < -0.3 is 5.73 Å². The molecule has 0 aliphatic heterocycles. The van der Waals surface area contributed by atoms with E-state index in [0.29, 0.717) is 5.02 Å². The number of rotatable bonds is 3. The molecular formula is C12H13ClIN3. The molecule has 17 heavy (non-hydrogen) atoms. The third-order valence-electron chi connectivity index (χ3n) is 2.63. The number of nitrogens with zero attached hydrogens (tertiary/aromatic N) is 2. The summed E-state index contributed by atoms with van der Waals surface area (Å²) < 4.78 is 2.98. The summed E-state index contributed by atoms with van der Waals surface area (Å²) in [4.78, 5) is 0. The highest BCUT2D eigenvalue weighted by molar-refractivity contribution is 14.1. The van der Waals surface area contributed by atoms with E-state index in [1.165, 1.54) is 0 Å². The van der Waals surface area contributed by atoms with Crippen LogP contribution in [0.1, 0.15) is 24.1 Å². The van der Waals surface area contributed by atoms with Crippen LogP contribution >= 0.6 is 34.2 Å². The Kier molecular flexibility index (Phi) is 4.06. The van der Waals surface area contributed by atoms with E-state index < -0.39 is 0 Å². The zero-order valence-electron chi connectivity index (χ0n) is 9.40. The molecule has 0 saturated carbocycles. The van der Waals surface area contributed by atoms with Gasteiger partial charge >= 0.3 is 0 Å². The lowest BCUT2D eigenvalue weighted by atomic mass is 10.0. The molecule has 0 aliphatic carbocycles. The third kappa shape index (κ3) is 2.81. The van der Waals surface area contributed by atoms with E-state index in [1.807, 2.05) is 42.2 Å². The predicted molar refractivity (Wildman–Crippen MR) is 78.1 cm³/mol. The number of hydrogen-bond acceptors (Lipinski definition) is 2. The molecule has 0 radical (unpaired) electrons. The van der Waals surface area contributed by atoms with Crippen LogP contribution in [-0.4, -0.2) is 9.78 Å². The molecule has 0 amide bonds. The number of nitrogens with two attached hydrogens (primary N) is 1. The van der Waals surface area contributed by atoms with Crippen molar-refractivity contribution in [2.75, 3.05) is 0 Å². The van der Waals surface area contributed by atoms with E-state index in [4.69, 9.17) is 17.3 Å². The first-order chi connectivity index (χ1) is 8.11.